The van der Waals surface area contributed by atoms with Crippen LogP contribution in [0.25, 0.3) is 0 Å². The number of carbonyl (C=O) groups is 2. The van der Waals surface area contributed by atoms with Crippen LogP contribution in [0.4, 0.5) is 0 Å². The van der Waals surface area contributed by atoms with Crippen LogP contribution in [0.1, 0.15) is 22.8 Å². The van der Waals surface area contributed by atoms with Crippen molar-refractivity contribution in [2.24, 2.45) is 0 Å². The van der Waals surface area contributed by atoms with Crippen LogP contribution in [0.15, 0.2) is 18.2 Å². The molecule has 0 radical (unpaired) electrons. The average molecular weight is 304 g/mol. The molecule has 0 atom stereocenters. The van der Waals surface area contributed by atoms with E-state index in [0.717, 1.165) is 9.13 Å². The molecule has 1 aromatic carbocycles. The zero-order valence-corrected chi connectivity index (χ0v) is 9.74. The van der Waals surface area contributed by atoms with E-state index in [-0.39, 0.29) is 12.2 Å². The van der Waals surface area contributed by atoms with E-state index in [9.17, 15) is 9.59 Å². The predicted molar refractivity (Wildman–Crippen MR) is 60.5 cm³/mol. The van der Waals surface area contributed by atoms with Crippen LogP contribution in [0, 0.1) is 3.57 Å². The molecule has 0 fully saturated rings. The molecule has 3 nitrogen and oxygen atoms in total. The molecule has 0 aliphatic rings. The molecule has 0 bridgehead atoms. The third kappa shape index (κ3) is 2.80. The van der Waals surface area contributed by atoms with Crippen molar-refractivity contribution in [2.45, 2.75) is 13.3 Å². The molecule has 4 heteroatoms. The summed E-state index contributed by atoms with van der Waals surface area (Å²) in [6.45, 7) is 1.49. The van der Waals surface area contributed by atoms with Gasteiger partial charge in [-0.3, -0.25) is 9.59 Å². The second-order valence-electron chi connectivity index (χ2n) is 2.93. The van der Waals surface area contributed by atoms with Gasteiger partial charge in [0.2, 0.25) is 0 Å². The van der Waals surface area contributed by atoms with Crippen LogP contribution in [0.5, 0.6) is 0 Å². The van der Waals surface area contributed by atoms with Crippen molar-refractivity contribution < 1.29 is 14.7 Å². The van der Waals surface area contributed by atoms with Crippen LogP contribution in [0.3, 0.4) is 0 Å². The van der Waals surface area contributed by atoms with Gasteiger partial charge in [0.1, 0.15) is 0 Å². The first kappa shape index (κ1) is 11.2. The molecule has 0 spiro atoms. The lowest BCUT2D eigenvalue weighted by atomic mass is 10.1. The van der Waals surface area contributed by atoms with E-state index >= 15 is 0 Å². The van der Waals surface area contributed by atoms with Gasteiger partial charge in [-0.2, -0.15) is 0 Å². The Labute approximate surface area is 95.3 Å². The SMILES string of the molecule is CC(=O)c1ccc(CC(=O)O)c(I)c1. The van der Waals surface area contributed by atoms with Gasteiger partial charge in [0.05, 0.1) is 6.42 Å². The Morgan fingerprint density at radius 3 is 2.50 bits per heavy atom. The fourth-order valence-electron chi connectivity index (χ4n) is 1.07. The number of halogens is 1. The first-order chi connectivity index (χ1) is 6.50. The Bertz CT molecular complexity index is 385. The normalized spacial score (nSPS) is 9.86. The molecular weight excluding hydrogens is 295 g/mol. The van der Waals surface area contributed by atoms with Crippen molar-refractivity contribution in [2.75, 3.05) is 0 Å². The van der Waals surface area contributed by atoms with Gasteiger partial charge in [0.15, 0.2) is 5.78 Å². The van der Waals surface area contributed by atoms with Crippen LogP contribution in [-0.2, 0) is 11.2 Å². The summed E-state index contributed by atoms with van der Waals surface area (Å²) in [5, 5.41) is 8.60. The van der Waals surface area contributed by atoms with Crippen molar-refractivity contribution in [3.05, 3.63) is 32.9 Å². The molecule has 0 heterocycles. The molecule has 1 N–H and O–H groups in total. The fourth-order valence-corrected chi connectivity index (χ4v) is 1.78. The summed E-state index contributed by atoms with van der Waals surface area (Å²) in [6.07, 6.45) is -0.00351. The third-order valence-corrected chi connectivity index (χ3v) is 2.81. The van der Waals surface area contributed by atoms with Gasteiger partial charge in [0, 0.05) is 9.13 Å². The van der Waals surface area contributed by atoms with Crippen molar-refractivity contribution in [3.8, 4) is 0 Å². The van der Waals surface area contributed by atoms with Crippen molar-refractivity contribution >= 4 is 34.3 Å². The van der Waals surface area contributed by atoms with Gasteiger partial charge in [-0.15, -0.1) is 0 Å². The Morgan fingerprint density at radius 1 is 1.43 bits per heavy atom. The van der Waals surface area contributed by atoms with Gasteiger partial charge >= 0.3 is 5.97 Å². The summed E-state index contributed by atoms with van der Waals surface area (Å²) in [5.74, 6) is -0.872. The van der Waals surface area contributed by atoms with E-state index in [0.29, 0.717) is 5.56 Å². The maximum Gasteiger partial charge on any atom is 0.307 e. The molecular formula is C10H9IO3. The van der Waals surface area contributed by atoms with Gasteiger partial charge in [-0.1, -0.05) is 12.1 Å². The van der Waals surface area contributed by atoms with E-state index in [4.69, 9.17) is 5.11 Å². The lowest BCUT2D eigenvalue weighted by Gasteiger charge is -2.02. The second kappa shape index (κ2) is 4.54. The summed E-state index contributed by atoms with van der Waals surface area (Å²) in [4.78, 5) is 21.5. The molecule has 1 aromatic rings. The number of carbonyl (C=O) groups excluding carboxylic acids is 1. The summed E-state index contributed by atoms with van der Waals surface area (Å²) in [5.41, 5.74) is 1.35. The van der Waals surface area contributed by atoms with E-state index < -0.39 is 5.97 Å². The Hall–Kier alpha value is -0.910. The highest BCUT2D eigenvalue weighted by molar-refractivity contribution is 14.1. The number of rotatable bonds is 3. The molecule has 74 valence electrons. The van der Waals surface area contributed by atoms with Crippen LogP contribution in [0.2, 0.25) is 0 Å². The number of ketones is 1. The summed E-state index contributed by atoms with van der Waals surface area (Å²) in [7, 11) is 0. The monoisotopic (exact) mass is 304 g/mol. The molecule has 0 aromatic heterocycles. The quantitative estimate of drug-likeness (QED) is 0.687. The van der Waals surface area contributed by atoms with Crippen molar-refractivity contribution in [1.29, 1.82) is 0 Å². The lowest BCUT2D eigenvalue weighted by Crippen LogP contribution is -2.03. The Kier molecular flexibility index (Phi) is 3.62. The minimum atomic E-state index is -0.863. The summed E-state index contributed by atoms with van der Waals surface area (Å²) >= 11 is 2.04. The Balaban J connectivity index is 3.01. The number of aliphatic carboxylic acids is 1. The number of hydrogen-bond donors (Lipinski definition) is 1. The molecule has 0 unspecified atom stereocenters. The maximum atomic E-state index is 11.0. The van der Waals surface area contributed by atoms with Crippen LogP contribution >= 0.6 is 22.6 Å². The molecule has 14 heavy (non-hydrogen) atoms. The highest BCUT2D eigenvalue weighted by Crippen LogP contribution is 2.15. The molecule has 0 aliphatic heterocycles. The average Bonchev–Trinajstić information content (AvgIpc) is 2.07. The number of Topliss-reactive ketones (excluding diaryl/α,β-unsaturated/α-hetero) is 1. The minimum Gasteiger partial charge on any atom is -0.481 e. The molecule has 0 aliphatic carbocycles. The van der Waals surface area contributed by atoms with E-state index in [2.05, 4.69) is 0 Å². The van der Waals surface area contributed by atoms with Crippen molar-refractivity contribution in [3.63, 3.8) is 0 Å². The van der Waals surface area contributed by atoms with Gasteiger partial charge in [-0.25, -0.2) is 0 Å². The molecule has 0 saturated heterocycles. The zero-order chi connectivity index (χ0) is 10.7. The van der Waals surface area contributed by atoms with E-state index in [1.54, 1.807) is 18.2 Å². The largest absolute Gasteiger partial charge is 0.481 e. The summed E-state index contributed by atoms with van der Waals surface area (Å²) < 4.78 is 0.817. The van der Waals surface area contributed by atoms with Gasteiger partial charge < -0.3 is 5.11 Å². The summed E-state index contributed by atoms with van der Waals surface area (Å²) in [6, 6.07) is 5.05. The standard InChI is InChI=1S/C10H9IO3/c1-6(12)7-2-3-8(5-10(13)14)9(11)4-7/h2-4H,5H2,1H3,(H,13,14). The molecule has 1 rings (SSSR count). The number of carboxylic acid groups (broad SMARTS) is 1. The van der Waals surface area contributed by atoms with E-state index in [1.807, 2.05) is 22.6 Å². The molecule has 0 amide bonds. The number of hydrogen-bond acceptors (Lipinski definition) is 2. The number of carboxylic acids is 1. The topological polar surface area (TPSA) is 54.4 Å². The van der Waals surface area contributed by atoms with Gasteiger partial charge in [-0.05, 0) is 41.1 Å². The van der Waals surface area contributed by atoms with Crippen molar-refractivity contribution in [1.82, 2.24) is 0 Å². The van der Waals surface area contributed by atoms with Crippen LogP contribution < -0.4 is 0 Å². The first-order valence-corrected chi connectivity index (χ1v) is 5.09. The highest BCUT2D eigenvalue weighted by Gasteiger charge is 2.07. The third-order valence-electron chi connectivity index (χ3n) is 1.80. The molecule has 0 saturated carbocycles. The maximum absolute atomic E-state index is 11.0. The second-order valence-corrected chi connectivity index (χ2v) is 4.10. The lowest BCUT2D eigenvalue weighted by molar-refractivity contribution is -0.136. The highest BCUT2D eigenvalue weighted by atomic mass is 127. The van der Waals surface area contributed by atoms with E-state index in [1.165, 1.54) is 6.92 Å². The number of benzene rings is 1. The van der Waals surface area contributed by atoms with Gasteiger partial charge in [0.25, 0.3) is 0 Å². The minimum absolute atomic E-state index is 0.00351. The fraction of sp³-hybridized carbons (Fsp3) is 0.200. The Morgan fingerprint density at radius 2 is 2.07 bits per heavy atom. The first-order valence-electron chi connectivity index (χ1n) is 4.02. The predicted octanol–water partition coefficient (Wildman–Crippen LogP) is 2.12. The van der Waals surface area contributed by atoms with Crippen LogP contribution in [-0.4, -0.2) is 16.9 Å². The smallest absolute Gasteiger partial charge is 0.307 e. The zero-order valence-electron chi connectivity index (χ0n) is 7.58.